The Hall–Kier alpha value is -1.85. The maximum Gasteiger partial charge on any atom is 0.343 e. The summed E-state index contributed by atoms with van der Waals surface area (Å²) in [7, 11) is 1.62. The summed E-state index contributed by atoms with van der Waals surface area (Å²) in [5, 5.41) is 12.6. The second-order valence-electron chi connectivity index (χ2n) is 5.99. The highest BCUT2D eigenvalue weighted by atomic mass is 16.7. The fourth-order valence-corrected chi connectivity index (χ4v) is 3.40. The Labute approximate surface area is 130 Å². The Morgan fingerprint density at radius 1 is 1.23 bits per heavy atom. The molecule has 1 spiro atoms. The summed E-state index contributed by atoms with van der Waals surface area (Å²) in [4.78, 5) is 17.6. The van der Waals surface area contributed by atoms with E-state index in [4.69, 9.17) is 9.57 Å². The van der Waals surface area contributed by atoms with Gasteiger partial charge in [0.15, 0.2) is 11.4 Å². The molecule has 118 valence electrons. The van der Waals surface area contributed by atoms with Crippen LogP contribution in [0.4, 0.5) is 0 Å². The van der Waals surface area contributed by atoms with Crippen LogP contribution in [0.15, 0.2) is 24.0 Å². The van der Waals surface area contributed by atoms with Crippen LogP contribution < -0.4 is 0 Å². The number of hydrogen-bond acceptors (Lipinski definition) is 5. The van der Waals surface area contributed by atoms with E-state index in [0.29, 0.717) is 31.5 Å². The zero-order valence-corrected chi connectivity index (χ0v) is 13.2. The smallest absolute Gasteiger partial charge is 0.343 e. The van der Waals surface area contributed by atoms with Crippen LogP contribution in [-0.4, -0.2) is 41.9 Å². The quantitative estimate of drug-likeness (QED) is 0.851. The lowest BCUT2D eigenvalue weighted by atomic mass is 9.87. The summed E-state index contributed by atoms with van der Waals surface area (Å²) >= 11 is 0. The number of hydrogen-bond donors (Lipinski definition) is 1. The number of aliphatic hydroxyl groups excluding tert-OH is 1. The lowest BCUT2D eigenvalue weighted by Crippen LogP contribution is -2.45. The van der Waals surface area contributed by atoms with Crippen LogP contribution in [0.3, 0.4) is 0 Å². The fraction of sp³-hybridized carbons (Fsp3) is 0.471. The second-order valence-corrected chi connectivity index (χ2v) is 5.99. The zero-order valence-electron chi connectivity index (χ0n) is 13.2. The number of hydroxylamine groups is 2. The van der Waals surface area contributed by atoms with Crippen LogP contribution in [0.5, 0.6) is 0 Å². The first-order valence-corrected chi connectivity index (χ1v) is 7.51. The van der Waals surface area contributed by atoms with Crippen LogP contribution in [0, 0.1) is 13.8 Å². The van der Waals surface area contributed by atoms with Crippen molar-refractivity contribution in [1.82, 2.24) is 5.06 Å². The van der Waals surface area contributed by atoms with Crippen molar-refractivity contribution in [3.63, 3.8) is 0 Å². The highest BCUT2D eigenvalue weighted by molar-refractivity contribution is 6.20. The van der Waals surface area contributed by atoms with E-state index in [9.17, 15) is 9.90 Å². The molecule has 2 heterocycles. The van der Waals surface area contributed by atoms with Crippen molar-refractivity contribution in [2.24, 2.45) is 0 Å². The van der Waals surface area contributed by atoms with Crippen LogP contribution in [0.1, 0.15) is 29.5 Å². The highest BCUT2D eigenvalue weighted by Crippen LogP contribution is 2.44. The topological polar surface area (TPSA) is 59.0 Å². The van der Waals surface area contributed by atoms with Crippen LogP contribution in [0.25, 0.3) is 5.57 Å². The molecule has 2 aliphatic heterocycles. The van der Waals surface area contributed by atoms with E-state index < -0.39 is 11.6 Å². The molecule has 0 aromatic heterocycles. The summed E-state index contributed by atoms with van der Waals surface area (Å²) in [6.07, 6.45) is 1.07. The molecule has 1 N–H and O–H groups in total. The van der Waals surface area contributed by atoms with Gasteiger partial charge in [-0.15, -0.1) is 0 Å². The van der Waals surface area contributed by atoms with E-state index in [-0.39, 0.29) is 5.76 Å². The summed E-state index contributed by atoms with van der Waals surface area (Å²) in [6.45, 7) is 5.12. The maximum absolute atomic E-state index is 12.4. The molecule has 5 heteroatoms. The molecule has 0 saturated carbocycles. The minimum Gasteiger partial charge on any atom is -0.507 e. The average Bonchev–Trinajstić information content (AvgIpc) is 2.72. The Morgan fingerprint density at radius 2 is 1.82 bits per heavy atom. The predicted molar refractivity (Wildman–Crippen MR) is 82.1 cm³/mol. The third kappa shape index (κ3) is 2.21. The molecule has 1 saturated heterocycles. The Bertz CT molecular complexity index is 622. The van der Waals surface area contributed by atoms with E-state index in [0.717, 1.165) is 16.7 Å². The van der Waals surface area contributed by atoms with Gasteiger partial charge in [-0.2, -0.15) is 5.06 Å². The van der Waals surface area contributed by atoms with Gasteiger partial charge in [-0.1, -0.05) is 18.2 Å². The number of carbonyl (C=O) groups is 1. The molecule has 2 aliphatic rings. The van der Waals surface area contributed by atoms with Crippen molar-refractivity contribution in [1.29, 1.82) is 0 Å². The first-order chi connectivity index (χ1) is 10.5. The maximum atomic E-state index is 12.4. The number of rotatable bonds is 2. The van der Waals surface area contributed by atoms with Gasteiger partial charge in [0, 0.05) is 25.9 Å². The van der Waals surface area contributed by atoms with E-state index in [1.54, 1.807) is 7.11 Å². The lowest BCUT2D eigenvalue weighted by molar-refractivity contribution is -0.182. The van der Waals surface area contributed by atoms with Gasteiger partial charge in [0.1, 0.15) is 5.57 Å². The van der Waals surface area contributed by atoms with Gasteiger partial charge in [0.25, 0.3) is 0 Å². The second kappa shape index (κ2) is 5.41. The van der Waals surface area contributed by atoms with E-state index in [1.807, 2.05) is 37.1 Å². The van der Waals surface area contributed by atoms with Crippen molar-refractivity contribution < 1.29 is 19.5 Å². The number of aryl methyl sites for hydroxylation is 2. The van der Waals surface area contributed by atoms with Crippen molar-refractivity contribution in [3.8, 4) is 0 Å². The third-order valence-corrected chi connectivity index (χ3v) is 4.68. The van der Waals surface area contributed by atoms with Gasteiger partial charge >= 0.3 is 5.97 Å². The number of nitrogens with zero attached hydrogens (tertiary/aromatic N) is 1. The van der Waals surface area contributed by atoms with E-state index in [1.165, 1.54) is 0 Å². The first-order valence-electron chi connectivity index (χ1n) is 7.51. The summed E-state index contributed by atoms with van der Waals surface area (Å²) in [5.41, 5.74) is 2.14. The highest BCUT2D eigenvalue weighted by Gasteiger charge is 2.50. The van der Waals surface area contributed by atoms with Gasteiger partial charge in [-0.25, -0.2) is 4.79 Å². The molecular weight excluding hydrogens is 282 g/mol. The van der Waals surface area contributed by atoms with Crippen LogP contribution in [0.2, 0.25) is 0 Å². The van der Waals surface area contributed by atoms with Crippen molar-refractivity contribution >= 4 is 11.5 Å². The molecule has 0 unspecified atom stereocenters. The molecule has 0 bridgehead atoms. The standard InChI is InChI=1S/C17H21NO4/c1-11-5-4-6-12(2)13(11)14-15(19)17(22-16(14)20)7-9-18(21-3)10-8-17/h4-6,19H,7-10H2,1-3H3. The number of piperidine rings is 1. The largest absolute Gasteiger partial charge is 0.507 e. The molecule has 22 heavy (non-hydrogen) atoms. The molecule has 1 aromatic carbocycles. The van der Waals surface area contributed by atoms with Gasteiger partial charge in [0.2, 0.25) is 0 Å². The molecule has 3 rings (SSSR count). The number of aliphatic hydroxyl groups is 1. The monoisotopic (exact) mass is 303 g/mol. The number of esters is 1. The molecule has 0 radical (unpaired) electrons. The molecule has 0 atom stereocenters. The number of carbonyl (C=O) groups excluding carboxylic acids is 1. The van der Waals surface area contributed by atoms with Gasteiger partial charge in [-0.3, -0.25) is 0 Å². The number of benzene rings is 1. The molecule has 5 nitrogen and oxygen atoms in total. The fourth-order valence-electron chi connectivity index (χ4n) is 3.40. The average molecular weight is 303 g/mol. The molecule has 0 amide bonds. The Balaban J connectivity index is 2.03. The summed E-state index contributed by atoms with van der Waals surface area (Å²) < 4.78 is 5.63. The van der Waals surface area contributed by atoms with Gasteiger partial charge in [0.05, 0.1) is 7.11 Å². The van der Waals surface area contributed by atoms with Crippen molar-refractivity contribution in [2.45, 2.75) is 32.3 Å². The summed E-state index contributed by atoms with van der Waals surface area (Å²) in [6, 6.07) is 5.82. The normalized spacial score (nSPS) is 21.5. The minimum absolute atomic E-state index is 0.0747. The third-order valence-electron chi connectivity index (χ3n) is 4.68. The van der Waals surface area contributed by atoms with Crippen LogP contribution in [-0.2, 0) is 14.4 Å². The zero-order chi connectivity index (χ0) is 15.9. The minimum atomic E-state index is -0.893. The van der Waals surface area contributed by atoms with E-state index >= 15 is 0 Å². The Kier molecular flexibility index (Phi) is 3.70. The lowest BCUT2D eigenvalue weighted by Gasteiger charge is -2.36. The van der Waals surface area contributed by atoms with Crippen molar-refractivity contribution in [2.75, 3.05) is 20.2 Å². The van der Waals surface area contributed by atoms with Gasteiger partial charge in [-0.05, 0) is 30.5 Å². The summed E-state index contributed by atoms with van der Waals surface area (Å²) in [5.74, 6) is -0.355. The Morgan fingerprint density at radius 3 is 2.36 bits per heavy atom. The first kappa shape index (κ1) is 15.1. The molecule has 0 aliphatic carbocycles. The van der Waals surface area contributed by atoms with E-state index in [2.05, 4.69) is 0 Å². The predicted octanol–water partition coefficient (Wildman–Crippen LogP) is 2.53. The molecule has 1 fully saturated rings. The van der Waals surface area contributed by atoms with Crippen molar-refractivity contribution in [3.05, 3.63) is 40.6 Å². The molecular formula is C17H21NO4. The van der Waals surface area contributed by atoms with Gasteiger partial charge < -0.3 is 14.7 Å². The SMILES string of the molecule is CON1CCC2(CC1)OC(=O)C(c1c(C)cccc1C)=C2O. The number of ether oxygens (including phenoxy) is 1. The van der Waals surface area contributed by atoms with Crippen LogP contribution >= 0.6 is 0 Å². The molecule has 1 aromatic rings.